The highest BCUT2D eigenvalue weighted by Gasteiger charge is 2.38. The fourth-order valence-corrected chi connectivity index (χ4v) is 2.52. The zero-order valence-electron chi connectivity index (χ0n) is 8.83. The molecule has 1 heterocycles. The first-order chi connectivity index (χ1) is 7.14. The van der Waals surface area contributed by atoms with Crippen molar-refractivity contribution < 1.29 is 5.11 Å². The molecule has 2 rings (SSSR count). The van der Waals surface area contributed by atoms with Crippen molar-refractivity contribution in [2.75, 3.05) is 13.1 Å². The van der Waals surface area contributed by atoms with Gasteiger partial charge in [0.15, 0.2) is 0 Å². The van der Waals surface area contributed by atoms with Gasteiger partial charge in [-0.15, -0.1) is 0 Å². The minimum atomic E-state index is -0.774. The molecule has 1 aromatic carbocycles. The van der Waals surface area contributed by atoms with Crippen molar-refractivity contribution in [3.8, 4) is 0 Å². The van der Waals surface area contributed by atoms with Crippen LogP contribution in [0.1, 0.15) is 18.9 Å². The largest absolute Gasteiger partial charge is 0.385 e. The second-order valence-corrected chi connectivity index (χ2v) is 4.67. The Morgan fingerprint density at radius 3 is 2.87 bits per heavy atom. The van der Waals surface area contributed by atoms with Crippen LogP contribution in [0.2, 0.25) is 5.02 Å². The van der Waals surface area contributed by atoms with Crippen LogP contribution in [-0.4, -0.2) is 18.2 Å². The van der Waals surface area contributed by atoms with Crippen LogP contribution < -0.4 is 5.32 Å². The lowest BCUT2D eigenvalue weighted by Crippen LogP contribution is -2.46. The topological polar surface area (TPSA) is 32.3 Å². The molecule has 0 bridgehead atoms. The van der Waals surface area contributed by atoms with Crippen molar-refractivity contribution in [1.82, 2.24) is 5.32 Å². The van der Waals surface area contributed by atoms with Gasteiger partial charge in [0.05, 0.1) is 5.60 Å². The molecule has 2 N–H and O–H groups in total. The third kappa shape index (κ3) is 1.89. The van der Waals surface area contributed by atoms with E-state index in [2.05, 4.69) is 12.2 Å². The summed E-state index contributed by atoms with van der Waals surface area (Å²) in [6.07, 6.45) is 0.720. The summed E-state index contributed by atoms with van der Waals surface area (Å²) in [4.78, 5) is 0. The summed E-state index contributed by atoms with van der Waals surface area (Å²) in [5, 5.41) is 14.6. The summed E-state index contributed by atoms with van der Waals surface area (Å²) in [6, 6.07) is 7.57. The van der Waals surface area contributed by atoms with Gasteiger partial charge in [-0.25, -0.2) is 0 Å². The Balaban J connectivity index is 2.39. The third-order valence-corrected chi connectivity index (χ3v) is 3.62. The predicted octanol–water partition coefficient (Wildman–Crippen LogP) is 2.16. The smallest absolute Gasteiger partial charge is 0.0960 e. The van der Waals surface area contributed by atoms with E-state index in [4.69, 9.17) is 11.6 Å². The van der Waals surface area contributed by atoms with Gasteiger partial charge in [0.25, 0.3) is 0 Å². The van der Waals surface area contributed by atoms with Gasteiger partial charge in [-0.1, -0.05) is 36.7 Å². The summed E-state index contributed by atoms with van der Waals surface area (Å²) in [6.45, 7) is 3.73. The second kappa shape index (κ2) is 4.12. The summed E-state index contributed by atoms with van der Waals surface area (Å²) in [5.41, 5.74) is 0.0875. The van der Waals surface area contributed by atoms with E-state index in [0.29, 0.717) is 5.02 Å². The van der Waals surface area contributed by atoms with Gasteiger partial charge in [0.1, 0.15) is 0 Å². The average molecular weight is 226 g/mol. The van der Waals surface area contributed by atoms with E-state index >= 15 is 0 Å². The highest BCUT2D eigenvalue weighted by atomic mass is 35.5. The van der Waals surface area contributed by atoms with Crippen LogP contribution >= 0.6 is 11.6 Å². The first kappa shape index (κ1) is 10.9. The maximum atomic E-state index is 10.7. The van der Waals surface area contributed by atoms with E-state index in [1.165, 1.54) is 0 Å². The summed E-state index contributed by atoms with van der Waals surface area (Å²) in [5.74, 6) is 0.186. The molecule has 0 saturated carbocycles. The molecule has 1 aliphatic rings. The number of benzene rings is 1. The first-order valence-corrected chi connectivity index (χ1v) is 5.70. The van der Waals surface area contributed by atoms with Crippen molar-refractivity contribution in [1.29, 1.82) is 0 Å². The molecule has 2 atom stereocenters. The molecule has 0 aromatic heterocycles. The third-order valence-electron chi connectivity index (χ3n) is 3.29. The van der Waals surface area contributed by atoms with Crippen LogP contribution in [0.15, 0.2) is 24.3 Å². The number of aliphatic hydroxyl groups is 1. The maximum absolute atomic E-state index is 10.7. The highest BCUT2D eigenvalue weighted by molar-refractivity contribution is 6.31. The van der Waals surface area contributed by atoms with Crippen LogP contribution in [0.25, 0.3) is 0 Å². The first-order valence-electron chi connectivity index (χ1n) is 5.32. The van der Waals surface area contributed by atoms with E-state index in [1.807, 2.05) is 24.3 Å². The van der Waals surface area contributed by atoms with Crippen molar-refractivity contribution >= 4 is 11.6 Å². The fraction of sp³-hybridized carbons (Fsp3) is 0.500. The standard InChI is InChI=1S/C12H16ClNO/c1-9-8-14-7-6-12(9,15)10-4-2-3-5-11(10)13/h2-5,9,14-15H,6-8H2,1H3. The van der Waals surface area contributed by atoms with Crippen molar-refractivity contribution in [3.05, 3.63) is 34.9 Å². The molecule has 2 unspecified atom stereocenters. The maximum Gasteiger partial charge on any atom is 0.0960 e. The lowest BCUT2D eigenvalue weighted by Gasteiger charge is -2.39. The molecule has 2 nitrogen and oxygen atoms in total. The number of halogens is 1. The van der Waals surface area contributed by atoms with Crippen LogP contribution in [0.3, 0.4) is 0 Å². The molecule has 3 heteroatoms. The Kier molecular flexibility index (Phi) is 3.01. The molecule has 15 heavy (non-hydrogen) atoms. The van der Waals surface area contributed by atoms with Gasteiger partial charge >= 0.3 is 0 Å². The van der Waals surface area contributed by atoms with Gasteiger partial charge in [-0.05, 0) is 19.0 Å². The fourth-order valence-electron chi connectivity index (χ4n) is 2.23. The Bertz CT molecular complexity index is 355. The Hall–Kier alpha value is -0.570. The number of piperidine rings is 1. The molecule has 1 fully saturated rings. The van der Waals surface area contributed by atoms with Crippen LogP contribution in [0, 0.1) is 5.92 Å². The molecule has 0 aliphatic carbocycles. The summed E-state index contributed by atoms with van der Waals surface area (Å²) >= 11 is 6.13. The normalized spacial score (nSPS) is 31.5. The predicted molar refractivity (Wildman–Crippen MR) is 62.0 cm³/mol. The average Bonchev–Trinajstić information content (AvgIpc) is 2.23. The van der Waals surface area contributed by atoms with E-state index in [1.54, 1.807) is 0 Å². The van der Waals surface area contributed by atoms with E-state index < -0.39 is 5.60 Å². The number of rotatable bonds is 1. The lowest BCUT2D eigenvalue weighted by molar-refractivity contribution is -0.0391. The number of hydrogen-bond donors (Lipinski definition) is 2. The zero-order chi connectivity index (χ0) is 10.9. The number of nitrogens with one attached hydrogen (secondary N) is 1. The van der Waals surface area contributed by atoms with Crippen LogP contribution in [-0.2, 0) is 5.60 Å². The summed E-state index contributed by atoms with van der Waals surface area (Å²) in [7, 11) is 0. The second-order valence-electron chi connectivity index (χ2n) is 4.26. The molecule has 0 spiro atoms. The zero-order valence-corrected chi connectivity index (χ0v) is 9.59. The summed E-state index contributed by atoms with van der Waals surface area (Å²) < 4.78 is 0. The Morgan fingerprint density at radius 2 is 2.20 bits per heavy atom. The lowest BCUT2D eigenvalue weighted by atomic mass is 9.77. The Morgan fingerprint density at radius 1 is 1.47 bits per heavy atom. The SMILES string of the molecule is CC1CNCCC1(O)c1ccccc1Cl. The van der Waals surface area contributed by atoms with Crippen LogP contribution in [0.4, 0.5) is 0 Å². The Labute approximate surface area is 95.3 Å². The molecule has 1 aromatic rings. The van der Waals surface area contributed by atoms with Gasteiger partial charge in [-0.3, -0.25) is 0 Å². The number of hydrogen-bond acceptors (Lipinski definition) is 2. The molecule has 82 valence electrons. The quantitative estimate of drug-likeness (QED) is 0.768. The minimum Gasteiger partial charge on any atom is -0.385 e. The molecule has 0 amide bonds. The molecular weight excluding hydrogens is 210 g/mol. The van der Waals surface area contributed by atoms with Crippen molar-refractivity contribution in [2.45, 2.75) is 18.9 Å². The molecular formula is C12H16ClNO. The van der Waals surface area contributed by atoms with Crippen LogP contribution in [0.5, 0.6) is 0 Å². The van der Waals surface area contributed by atoms with Gasteiger partial charge in [0, 0.05) is 23.0 Å². The van der Waals surface area contributed by atoms with Gasteiger partial charge < -0.3 is 10.4 Å². The van der Waals surface area contributed by atoms with Gasteiger partial charge in [-0.2, -0.15) is 0 Å². The minimum absolute atomic E-state index is 0.186. The van der Waals surface area contributed by atoms with E-state index in [0.717, 1.165) is 25.1 Å². The van der Waals surface area contributed by atoms with Crippen molar-refractivity contribution in [2.24, 2.45) is 5.92 Å². The van der Waals surface area contributed by atoms with Gasteiger partial charge in [0.2, 0.25) is 0 Å². The van der Waals surface area contributed by atoms with E-state index in [9.17, 15) is 5.11 Å². The van der Waals surface area contributed by atoms with E-state index in [-0.39, 0.29) is 5.92 Å². The highest BCUT2D eigenvalue weighted by Crippen LogP contribution is 2.38. The molecule has 1 aliphatic heterocycles. The van der Waals surface area contributed by atoms with Crippen molar-refractivity contribution in [3.63, 3.8) is 0 Å². The monoisotopic (exact) mass is 225 g/mol. The molecule has 0 radical (unpaired) electrons. The molecule has 1 saturated heterocycles.